The van der Waals surface area contributed by atoms with Crippen LogP contribution in [0.1, 0.15) is 44.6 Å². The van der Waals surface area contributed by atoms with Crippen molar-refractivity contribution in [3.8, 4) is 0 Å². The molecule has 106 valence electrons. The van der Waals surface area contributed by atoms with Crippen LogP contribution in [0.2, 0.25) is 0 Å². The maximum absolute atomic E-state index is 4.26. The predicted molar refractivity (Wildman–Crippen MR) is 81.5 cm³/mol. The summed E-state index contributed by atoms with van der Waals surface area (Å²) in [4.78, 5) is 6.82. The van der Waals surface area contributed by atoms with Crippen LogP contribution in [0.25, 0.3) is 0 Å². The number of nitrogens with zero attached hydrogens (tertiary/aromatic N) is 2. The molecule has 1 saturated heterocycles. The molecule has 3 heteroatoms. The van der Waals surface area contributed by atoms with Gasteiger partial charge >= 0.3 is 0 Å². The van der Waals surface area contributed by atoms with Gasteiger partial charge in [0.05, 0.1) is 0 Å². The second-order valence-electron chi connectivity index (χ2n) is 5.61. The molecule has 1 aromatic heterocycles. The Morgan fingerprint density at radius 2 is 2.26 bits per heavy atom. The highest BCUT2D eigenvalue weighted by atomic mass is 15.1. The minimum absolute atomic E-state index is 0.901. The second-order valence-corrected chi connectivity index (χ2v) is 5.61. The fourth-order valence-corrected chi connectivity index (χ4v) is 3.16. The molecule has 0 aliphatic carbocycles. The summed E-state index contributed by atoms with van der Waals surface area (Å²) in [5.74, 6) is 0.935. The molecule has 19 heavy (non-hydrogen) atoms. The van der Waals surface area contributed by atoms with Crippen LogP contribution in [-0.2, 0) is 6.54 Å². The fraction of sp³-hybridized carbons (Fsp3) is 0.688. The Bertz CT molecular complexity index is 378. The summed E-state index contributed by atoms with van der Waals surface area (Å²) in [7, 11) is 2.00. The van der Waals surface area contributed by atoms with Gasteiger partial charge in [-0.15, -0.1) is 0 Å². The third kappa shape index (κ3) is 3.93. The molecule has 1 aliphatic rings. The largest absolute Gasteiger partial charge is 0.371 e. The van der Waals surface area contributed by atoms with Crippen LogP contribution in [0, 0.1) is 5.92 Å². The Morgan fingerprint density at radius 3 is 3.05 bits per heavy atom. The summed E-state index contributed by atoms with van der Waals surface area (Å²) in [6.07, 6.45) is 10.7. The van der Waals surface area contributed by atoms with E-state index < -0.39 is 0 Å². The van der Waals surface area contributed by atoms with E-state index in [4.69, 9.17) is 0 Å². The number of pyridine rings is 1. The number of hydrogen-bond donors (Lipinski definition) is 1. The maximum atomic E-state index is 4.26. The fourth-order valence-electron chi connectivity index (χ4n) is 3.16. The quantitative estimate of drug-likeness (QED) is 0.882. The molecule has 0 amide bonds. The van der Waals surface area contributed by atoms with Gasteiger partial charge < -0.3 is 10.2 Å². The summed E-state index contributed by atoms with van der Waals surface area (Å²) in [5, 5.41) is 3.24. The van der Waals surface area contributed by atoms with E-state index in [1.807, 2.05) is 19.4 Å². The third-order valence-corrected chi connectivity index (χ3v) is 4.13. The van der Waals surface area contributed by atoms with Crippen molar-refractivity contribution in [1.29, 1.82) is 0 Å². The van der Waals surface area contributed by atoms with E-state index in [1.165, 1.54) is 56.4 Å². The molecule has 1 atom stereocenters. The van der Waals surface area contributed by atoms with E-state index in [0.717, 1.165) is 12.5 Å². The number of rotatable bonds is 5. The van der Waals surface area contributed by atoms with Gasteiger partial charge in [-0.25, -0.2) is 0 Å². The summed E-state index contributed by atoms with van der Waals surface area (Å²) in [6, 6.07) is 2.17. The molecule has 0 saturated carbocycles. The zero-order chi connectivity index (χ0) is 13.5. The van der Waals surface area contributed by atoms with E-state index in [1.54, 1.807) is 0 Å². The molecular formula is C16H27N3. The molecule has 1 aliphatic heterocycles. The lowest BCUT2D eigenvalue weighted by Crippen LogP contribution is -2.26. The van der Waals surface area contributed by atoms with Gasteiger partial charge in [0.25, 0.3) is 0 Å². The maximum Gasteiger partial charge on any atom is 0.0442 e. The average Bonchev–Trinajstić information content (AvgIpc) is 2.66. The second kappa shape index (κ2) is 7.49. The van der Waals surface area contributed by atoms with E-state index >= 15 is 0 Å². The molecular weight excluding hydrogens is 234 g/mol. The monoisotopic (exact) mass is 261 g/mol. The number of nitrogens with one attached hydrogen (secondary N) is 1. The average molecular weight is 261 g/mol. The van der Waals surface area contributed by atoms with Crippen molar-refractivity contribution in [2.75, 3.05) is 25.0 Å². The van der Waals surface area contributed by atoms with Crippen LogP contribution >= 0.6 is 0 Å². The highest BCUT2D eigenvalue weighted by Gasteiger charge is 2.18. The first-order valence-electron chi connectivity index (χ1n) is 7.67. The SMILES string of the molecule is CCCC1CCCN(c2ccncc2CNC)CC1. The predicted octanol–water partition coefficient (Wildman–Crippen LogP) is 3.21. The van der Waals surface area contributed by atoms with Gasteiger partial charge in [0.2, 0.25) is 0 Å². The van der Waals surface area contributed by atoms with Crippen molar-refractivity contribution < 1.29 is 0 Å². The third-order valence-electron chi connectivity index (χ3n) is 4.13. The lowest BCUT2D eigenvalue weighted by molar-refractivity contribution is 0.435. The van der Waals surface area contributed by atoms with E-state index in [-0.39, 0.29) is 0 Å². The highest BCUT2D eigenvalue weighted by Crippen LogP contribution is 2.27. The van der Waals surface area contributed by atoms with Crippen LogP contribution in [0.15, 0.2) is 18.5 Å². The molecule has 0 aromatic carbocycles. The van der Waals surface area contributed by atoms with Crippen LogP contribution in [0.4, 0.5) is 5.69 Å². The zero-order valence-electron chi connectivity index (χ0n) is 12.4. The number of anilines is 1. The first-order valence-corrected chi connectivity index (χ1v) is 7.67. The minimum Gasteiger partial charge on any atom is -0.371 e. The Labute approximate surface area is 117 Å². The Morgan fingerprint density at radius 1 is 1.37 bits per heavy atom. The van der Waals surface area contributed by atoms with E-state index in [0.29, 0.717) is 0 Å². The normalized spacial score (nSPS) is 20.3. The van der Waals surface area contributed by atoms with Gasteiger partial charge in [-0.1, -0.05) is 19.8 Å². The van der Waals surface area contributed by atoms with Gasteiger partial charge in [-0.2, -0.15) is 0 Å². The van der Waals surface area contributed by atoms with Crippen molar-refractivity contribution in [1.82, 2.24) is 10.3 Å². The zero-order valence-corrected chi connectivity index (χ0v) is 12.4. The van der Waals surface area contributed by atoms with E-state index in [9.17, 15) is 0 Å². The van der Waals surface area contributed by atoms with Crippen molar-refractivity contribution >= 4 is 5.69 Å². The van der Waals surface area contributed by atoms with Crippen molar-refractivity contribution in [3.05, 3.63) is 24.0 Å². The minimum atomic E-state index is 0.901. The molecule has 1 unspecified atom stereocenters. The molecule has 1 aromatic rings. The topological polar surface area (TPSA) is 28.2 Å². The summed E-state index contributed by atoms with van der Waals surface area (Å²) >= 11 is 0. The van der Waals surface area contributed by atoms with Gasteiger partial charge in [-0.05, 0) is 38.3 Å². The number of hydrogen-bond acceptors (Lipinski definition) is 3. The summed E-state index contributed by atoms with van der Waals surface area (Å²) in [6.45, 7) is 5.60. The molecule has 0 bridgehead atoms. The molecule has 0 radical (unpaired) electrons. The standard InChI is InChI=1S/C16H27N3/c1-3-5-14-6-4-10-19(11-8-14)16-7-9-18-13-15(16)12-17-2/h7,9,13-14,17H,3-6,8,10-12H2,1-2H3. The molecule has 2 rings (SSSR count). The Hall–Kier alpha value is -1.09. The van der Waals surface area contributed by atoms with Gasteiger partial charge in [0, 0.05) is 43.3 Å². The highest BCUT2D eigenvalue weighted by molar-refractivity contribution is 5.52. The first kappa shape index (κ1) is 14.3. The molecule has 1 N–H and O–H groups in total. The Kier molecular flexibility index (Phi) is 5.64. The Balaban J connectivity index is 2.05. The molecule has 3 nitrogen and oxygen atoms in total. The molecule has 0 spiro atoms. The number of aromatic nitrogens is 1. The van der Waals surface area contributed by atoms with Gasteiger partial charge in [-0.3, -0.25) is 4.98 Å². The van der Waals surface area contributed by atoms with Crippen LogP contribution < -0.4 is 10.2 Å². The van der Waals surface area contributed by atoms with Crippen LogP contribution in [-0.4, -0.2) is 25.1 Å². The lowest BCUT2D eigenvalue weighted by Gasteiger charge is -2.25. The molecule has 2 heterocycles. The summed E-state index contributed by atoms with van der Waals surface area (Å²) < 4.78 is 0. The van der Waals surface area contributed by atoms with Gasteiger partial charge in [0.1, 0.15) is 0 Å². The lowest BCUT2D eigenvalue weighted by atomic mass is 9.96. The van der Waals surface area contributed by atoms with Gasteiger partial charge in [0.15, 0.2) is 0 Å². The van der Waals surface area contributed by atoms with Crippen molar-refractivity contribution in [2.24, 2.45) is 5.92 Å². The van der Waals surface area contributed by atoms with E-state index in [2.05, 4.69) is 28.2 Å². The van der Waals surface area contributed by atoms with Crippen LogP contribution in [0.3, 0.4) is 0 Å². The summed E-state index contributed by atoms with van der Waals surface area (Å²) in [5.41, 5.74) is 2.69. The molecule has 1 fully saturated rings. The van der Waals surface area contributed by atoms with Crippen LogP contribution in [0.5, 0.6) is 0 Å². The smallest absolute Gasteiger partial charge is 0.0442 e. The first-order chi connectivity index (χ1) is 9.35. The van der Waals surface area contributed by atoms with Crippen molar-refractivity contribution in [2.45, 2.75) is 45.6 Å². The van der Waals surface area contributed by atoms with Crippen molar-refractivity contribution in [3.63, 3.8) is 0 Å².